The predicted molar refractivity (Wildman–Crippen MR) is 132 cm³/mol. The molecule has 170 valence electrons. The van der Waals surface area contributed by atoms with E-state index in [4.69, 9.17) is 0 Å². The highest BCUT2D eigenvalue weighted by molar-refractivity contribution is 7.90. The van der Waals surface area contributed by atoms with Crippen molar-refractivity contribution >= 4 is 27.1 Å². The molecule has 6 heteroatoms. The van der Waals surface area contributed by atoms with E-state index in [0.29, 0.717) is 12.0 Å². The third kappa shape index (κ3) is 6.47. The maximum atomic E-state index is 12.1. The molecule has 2 aromatic carbocycles. The lowest BCUT2D eigenvalue weighted by molar-refractivity contribution is 0.323. The lowest BCUT2D eigenvalue weighted by Crippen LogP contribution is -2.41. The van der Waals surface area contributed by atoms with Crippen LogP contribution >= 0.6 is 0 Å². The van der Waals surface area contributed by atoms with Crippen molar-refractivity contribution in [3.8, 4) is 0 Å². The Morgan fingerprint density at radius 1 is 0.871 bits per heavy atom. The van der Waals surface area contributed by atoms with Gasteiger partial charge in [-0.1, -0.05) is 18.2 Å². The normalized spacial score (nSPS) is 19.5. The van der Waals surface area contributed by atoms with Crippen LogP contribution in [0.25, 0.3) is 0 Å². The second-order valence-electron chi connectivity index (χ2n) is 9.16. The fourth-order valence-corrected chi connectivity index (χ4v) is 5.16. The number of hydrogen-bond acceptors (Lipinski definition) is 4. The van der Waals surface area contributed by atoms with Gasteiger partial charge in [0.2, 0.25) is 10.0 Å². The van der Waals surface area contributed by atoms with Gasteiger partial charge in [-0.2, -0.15) is 0 Å². The van der Waals surface area contributed by atoms with Crippen LogP contribution in [-0.2, 0) is 10.0 Å². The summed E-state index contributed by atoms with van der Waals surface area (Å²) in [4.78, 5) is 2.34. The molecule has 1 aliphatic rings. The number of sulfonamides is 1. The van der Waals surface area contributed by atoms with E-state index in [-0.39, 0.29) is 11.3 Å². The van der Waals surface area contributed by atoms with Gasteiger partial charge in [-0.25, -0.2) is 13.1 Å². The predicted octanol–water partition coefficient (Wildman–Crippen LogP) is 5.53. The summed E-state index contributed by atoms with van der Waals surface area (Å²) in [6.07, 6.45) is 3.92. The van der Waals surface area contributed by atoms with Gasteiger partial charge in [0.05, 0.1) is 5.25 Å². The number of hydrogen-bond donors (Lipinski definition) is 2. The number of anilines is 3. The molecule has 0 atom stereocenters. The molecule has 0 saturated heterocycles. The SMILES string of the molecule is CC(C)N(c1ccccc1)c1ccc(NCC2CCC(NS(=O)(=O)C(C)C)CC2)cc1. The van der Waals surface area contributed by atoms with Crippen LogP contribution in [-0.4, -0.2) is 32.3 Å². The highest BCUT2D eigenvalue weighted by Gasteiger charge is 2.26. The van der Waals surface area contributed by atoms with E-state index in [2.05, 4.69) is 77.3 Å². The Morgan fingerprint density at radius 2 is 1.45 bits per heavy atom. The smallest absolute Gasteiger partial charge is 0.214 e. The molecule has 2 N–H and O–H groups in total. The molecule has 5 nitrogen and oxygen atoms in total. The minimum atomic E-state index is -3.18. The van der Waals surface area contributed by atoms with Crippen LogP contribution in [0.4, 0.5) is 17.1 Å². The van der Waals surface area contributed by atoms with E-state index >= 15 is 0 Å². The van der Waals surface area contributed by atoms with Crippen molar-refractivity contribution in [1.82, 2.24) is 4.72 Å². The molecule has 1 saturated carbocycles. The van der Waals surface area contributed by atoms with Gasteiger partial charge in [-0.05, 0) is 95.7 Å². The van der Waals surface area contributed by atoms with E-state index in [9.17, 15) is 8.42 Å². The fraction of sp³-hybridized carbons (Fsp3) is 0.520. The highest BCUT2D eigenvalue weighted by Crippen LogP contribution is 2.29. The second-order valence-corrected chi connectivity index (χ2v) is 11.4. The molecule has 0 radical (unpaired) electrons. The molecule has 3 rings (SSSR count). The van der Waals surface area contributed by atoms with Crippen molar-refractivity contribution in [2.45, 2.75) is 70.7 Å². The zero-order chi connectivity index (χ0) is 22.4. The van der Waals surface area contributed by atoms with Gasteiger partial charge in [-0.15, -0.1) is 0 Å². The fourth-order valence-electron chi connectivity index (χ4n) is 4.19. The van der Waals surface area contributed by atoms with Crippen LogP contribution in [0, 0.1) is 5.92 Å². The van der Waals surface area contributed by atoms with Gasteiger partial charge in [0.1, 0.15) is 0 Å². The van der Waals surface area contributed by atoms with Crippen LogP contribution in [0.15, 0.2) is 54.6 Å². The summed E-state index contributed by atoms with van der Waals surface area (Å²) in [6, 6.07) is 19.6. The number of para-hydroxylation sites is 1. The van der Waals surface area contributed by atoms with E-state index in [1.165, 1.54) is 11.4 Å². The molecule has 2 aromatic rings. The van der Waals surface area contributed by atoms with Crippen LogP contribution in [0.1, 0.15) is 53.4 Å². The Kier molecular flexibility index (Phi) is 8.00. The van der Waals surface area contributed by atoms with Crippen LogP contribution in [0.3, 0.4) is 0 Å². The lowest BCUT2D eigenvalue weighted by atomic mass is 9.86. The van der Waals surface area contributed by atoms with Crippen molar-refractivity contribution in [3.63, 3.8) is 0 Å². The van der Waals surface area contributed by atoms with Crippen LogP contribution in [0.5, 0.6) is 0 Å². The largest absolute Gasteiger partial charge is 0.385 e. The summed E-state index contributed by atoms with van der Waals surface area (Å²) in [7, 11) is -3.18. The summed E-state index contributed by atoms with van der Waals surface area (Å²) >= 11 is 0. The molecule has 0 heterocycles. The van der Waals surface area contributed by atoms with Crippen LogP contribution < -0.4 is 14.9 Å². The first-order chi connectivity index (χ1) is 14.8. The van der Waals surface area contributed by atoms with Gasteiger partial charge >= 0.3 is 0 Å². The van der Waals surface area contributed by atoms with Gasteiger partial charge in [0, 0.05) is 35.7 Å². The molecule has 31 heavy (non-hydrogen) atoms. The Balaban J connectivity index is 1.51. The molecule has 0 unspecified atom stereocenters. The minimum Gasteiger partial charge on any atom is -0.385 e. The first-order valence-corrected chi connectivity index (χ1v) is 13.0. The van der Waals surface area contributed by atoms with Gasteiger partial charge in [0.25, 0.3) is 0 Å². The summed E-state index contributed by atoms with van der Waals surface area (Å²) in [5.74, 6) is 0.580. The quantitative estimate of drug-likeness (QED) is 0.535. The third-order valence-electron chi connectivity index (χ3n) is 6.09. The summed E-state index contributed by atoms with van der Waals surface area (Å²) in [5, 5.41) is 3.20. The maximum Gasteiger partial charge on any atom is 0.214 e. The first-order valence-electron chi connectivity index (χ1n) is 11.5. The molecular weight excluding hydrogens is 406 g/mol. The molecular formula is C25H37N3O2S. The summed E-state index contributed by atoms with van der Waals surface area (Å²) in [6.45, 7) is 8.79. The molecule has 0 amide bonds. The molecule has 1 aliphatic carbocycles. The minimum absolute atomic E-state index is 0.0861. The second kappa shape index (κ2) is 10.5. The van der Waals surface area contributed by atoms with E-state index < -0.39 is 10.0 Å². The number of nitrogens with one attached hydrogen (secondary N) is 2. The number of nitrogens with zero attached hydrogens (tertiary/aromatic N) is 1. The molecule has 0 spiro atoms. The Hall–Kier alpha value is -2.05. The monoisotopic (exact) mass is 443 g/mol. The number of benzene rings is 2. The highest BCUT2D eigenvalue weighted by atomic mass is 32.2. The van der Waals surface area contributed by atoms with Crippen molar-refractivity contribution < 1.29 is 8.42 Å². The van der Waals surface area contributed by atoms with Gasteiger partial charge in [-0.3, -0.25) is 0 Å². The van der Waals surface area contributed by atoms with E-state index in [0.717, 1.165) is 37.9 Å². The van der Waals surface area contributed by atoms with E-state index in [1.54, 1.807) is 13.8 Å². The average Bonchev–Trinajstić information content (AvgIpc) is 2.74. The van der Waals surface area contributed by atoms with Crippen molar-refractivity contribution in [1.29, 1.82) is 0 Å². The summed E-state index contributed by atoms with van der Waals surface area (Å²) < 4.78 is 27.0. The van der Waals surface area contributed by atoms with Gasteiger partial charge < -0.3 is 10.2 Å². The molecule has 0 bridgehead atoms. The Bertz CT molecular complexity index is 904. The zero-order valence-corrected chi connectivity index (χ0v) is 20.0. The van der Waals surface area contributed by atoms with Crippen molar-refractivity contribution in [2.75, 3.05) is 16.8 Å². The topological polar surface area (TPSA) is 61.4 Å². The molecule has 0 aliphatic heterocycles. The average molecular weight is 444 g/mol. The first kappa shape index (κ1) is 23.6. The third-order valence-corrected chi connectivity index (χ3v) is 7.99. The molecule has 1 fully saturated rings. The standard InChI is InChI=1S/C25H37N3O2S/c1-19(2)28(24-8-6-5-7-9-24)25-16-14-22(15-17-25)26-18-21-10-12-23(13-11-21)27-31(29,30)20(3)4/h5-9,14-17,19-21,23,26-27H,10-13,18H2,1-4H3. The van der Waals surface area contributed by atoms with Crippen LogP contribution in [0.2, 0.25) is 0 Å². The molecule has 0 aromatic heterocycles. The Labute approximate surface area is 188 Å². The lowest BCUT2D eigenvalue weighted by Gasteiger charge is -2.30. The maximum absolute atomic E-state index is 12.1. The van der Waals surface area contributed by atoms with Crippen molar-refractivity contribution in [3.05, 3.63) is 54.6 Å². The number of rotatable bonds is 9. The zero-order valence-electron chi connectivity index (χ0n) is 19.2. The van der Waals surface area contributed by atoms with E-state index in [1.807, 2.05) is 6.07 Å². The summed E-state index contributed by atoms with van der Waals surface area (Å²) in [5.41, 5.74) is 3.51. The van der Waals surface area contributed by atoms with Crippen molar-refractivity contribution in [2.24, 2.45) is 5.92 Å². The Morgan fingerprint density at radius 3 is 2.00 bits per heavy atom. The van der Waals surface area contributed by atoms with Gasteiger partial charge in [0.15, 0.2) is 0 Å².